The van der Waals surface area contributed by atoms with E-state index in [2.05, 4.69) is 35.9 Å². The lowest BCUT2D eigenvalue weighted by molar-refractivity contribution is 0.135. The predicted molar refractivity (Wildman–Crippen MR) is 166 cm³/mol. The van der Waals surface area contributed by atoms with Crippen LogP contribution in [0.1, 0.15) is 61.5 Å². The number of nitrogens with zero attached hydrogens (tertiary/aromatic N) is 2. The minimum atomic E-state index is -0.370. The molecule has 7 heteroatoms. The van der Waals surface area contributed by atoms with Gasteiger partial charge in [0.2, 0.25) is 0 Å². The largest absolute Gasteiger partial charge is 0.494 e. The first-order chi connectivity index (χ1) is 20.0. The van der Waals surface area contributed by atoms with Crippen molar-refractivity contribution in [2.45, 2.75) is 52.5 Å². The Hall–Kier alpha value is -3.48. The van der Waals surface area contributed by atoms with Gasteiger partial charge in [0.25, 0.3) is 0 Å². The highest BCUT2D eigenvalue weighted by Gasteiger charge is 2.35. The minimum absolute atomic E-state index is 0.324. The molecule has 216 valence electrons. The summed E-state index contributed by atoms with van der Waals surface area (Å²) in [5.41, 5.74) is 5.31. The van der Waals surface area contributed by atoms with Crippen molar-refractivity contribution in [3.8, 4) is 11.5 Å². The molecule has 0 saturated heterocycles. The SMILES string of the molecule is CCCN(CC)CCCCOc1ccc(C2c3[nH]c4ccc(Cl)cc4c3CCN2C(=O)Oc2ccc(C)cc2)cc1. The van der Waals surface area contributed by atoms with Gasteiger partial charge in [-0.2, -0.15) is 0 Å². The number of benzene rings is 3. The lowest BCUT2D eigenvalue weighted by Gasteiger charge is -2.35. The third kappa shape index (κ3) is 6.88. The third-order valence-electron chi connectivity index (χ3n) is 7.87. The van der Waals surface area contributed by atoms with Crippen LogP contribution in [0.4, 0.5) is 4.79 Å². The number of unbranched alkanes of at least 4 members (excludes halogenated alkanes) is 1. The van der Waals surface area contributed by atoms with Gasteiger partial charge in [-0.3, -0.25) is 4.90 Å². The predicted octanol–water partition coefficient (Wildman–Crippen LogP) is 8.17. The number of hydrogen-bond donors (Lipinski definition) is 1. The van der Waals surface area contributed by atoms with Crippen molar-refractivity contribution in [2.24, 2.45) is 0 Å². The molecule has 1 aliphatic heterocycles. The normalized spacial score (nSPS) is 14.9. The van der Waals surface area contributed by atoms with Crippen molar-refractivity contribution in [3.63, 3.8) is 0 Å². The molecule has 0 spiro atoms. The maximum Gasteiger partial charge on any atom is 0.416 e. The standard InChI is InChI=1S/C34H40ClN3O3/c1-4-19-37(5-2)20-6-7-22-40-27-15-10-25(11-16-27)33-32-29(30-23-26(35)12-17-31(30)36-32)18-21-38(33)34(39)41-28-13-8-24(3)9-14-28/h8-17,23,33,36H,4-7,18-22H2,1-3H3. The van der Waals surface area contributed by atoms with Crippen LogP contribution in [-0.2, 0) is 6.42 Å². The van der Waals surface area contributed by atoms with E-state index < -0.39 is 0 Å². The number of H-pyrrole nitrogens is 1. The van der Waals surface area contributed by atoms with Gasteiger partial charge in [-0.05, 0) is 106 Å². The Morgan fingerprint density at radius 2 is 1.76 bits per heavy atom. The Bertz CT molecular complexity index is 1450. The average molecular weight is 574 g/mol. The second-order valence-electron chi connectivity index (χ2n) is 10.8. The molecule has 1 N–H and O–H groups in total. The molecule has 0 saturated carbocycles. The van der Waals surface area contributed by atoms with E-state index in [9.17, 15) is 4.79 Å². The van der Waals surface area contributed by atoms with Crippen LogP contribution < -0.4 is 9.47 Å². The Morgan fingerprint density at radius 1 is 1.00 bits per heavy atom. The van der Waals surface area contributed by atoms with Crippen LogP contribution in [0, 0.1) is 6.92 Å². The molecule has 0 bridgehead atoms. The fraction of sp³-hybridized carbons (Fsp3) is 0.382. The smallest absolute Gasteiger partial charge is 0.416 e. The molecule has 1 unspecified atom stereocenters. The second kappa shape index (κ2) is 13.5. The molecule has 3 aromatic carbocycles. The van der Waals surface area contributed by atoms with Crippen molar-refractivity contribution >= 4 is 28.6 Å². The van der Waals surface area contributed by atoms with Crippen LogP contribution in [0.5, 0.6) is 11.5 Å². The highest BCUT2D eigenvalue weighted by atomic mass is 35.5. The van der Waals surface area contributed by atoms with Crippen molar-refractivity contribution in [1.29, 1.82) is 0 Å². The summed E-state index contributed by atoms with van der Waals surface area (Å²) in [6.45, 7) is 11.0. The number of hydrogen-bond acceptors (Lipinski definition) is 4. The summed E-state index contributed by atoms with van der Waals surface area (Å²) in [5.74, 6) is 1.37. The molecule has 6 nitrogen and oxygen atoms in total. The van der Waals surface area contributed by atoms with Crippen molar-refractivity contribution < 1.29 is 14.3 Å². The number of aromatic nitrogens is 1. The van der Waals surface area contributed by atoms with Gasteiger partial charge >= 0.3 is 6.09 Å². The van der Waals surface area contributed by atoms with Crippen LogP contribution in [-0.4, -0.2) is 53.7 Å². The van der Waals surface area contributed by atoms with Crippen LogP contribution in [0.2, 0.25) is 5.02 Å². The topological polar surface area (TPSA) is 57.8 Å². The summed E-state index contributed by atoms with van der Waals surface area (Å²) in [6.07, 6.45) is 3.67. The van der Waals surface area contributed by atoms with Crippen molar-refractivity contribution in [2.75, 3.05) is 32.8 Å². The number of rotatable bonds is 11. The van der Waals surface area contributed by atoms with Crippen LogP contribution in [0.15, 0.2) is 66.7 Å². The molecule has 2 heterocycles. The number of aromatic amines is 1. The van der Waals surface area contributed by atoms with Crippen molar-refractivity contribution in [1.82, 2.24) is 14.8 Å². The summed E-state index contributed by atoms with van der Waals surface area (Å²) >= 11 is 6.35. The van der Waals surface area contributed by atoms with Crippen LogP contribution >= 0.6 is 11.6 Å². The first-order valence-electron chi connectivity index (χ1n) is 14.8. The van der Waals surface area contributed by atoms with E-state index in [-0.39, 0.29) is 12.1 Å². The van der Waals surface area contributed by atoms with Gasteiger partial charge in [-0.1, -0.05) is 55.3 Å². The number of aryl methyl sites for hydroxylation is 1. The minimum Gasteiger partial charge on any atom is -0.494 e. The molecule has 4 aromatic rings. The fourth-order valence-corrected chi connectivity index (χ4v) is 5.86. The van der Waals surface area contributed by atoms with Gasteiger partial charge in [-0.15, -0.1) is 0 Å². The zero-order valence-electron chi connectivity index (χ0n) is 24.3. The fourth-order valence-electron chi connectivity index (χ4n) is 5.69. The van der Waals surface area contributed by atoms with E-state index in [1.807, 2.05) is 66.4 Å². The lowest BCUT2D eigenvalue weighted by Crippen LogP contribution is -2.42. The molecule has 5 rings (SSSR count). The molecular formula is C34H40ClN3O3. The molecule has 0 aliphatic carbocycles. The first-order valence-corrected chi connectivity index (χ1v) is 15.1. The number of halogens is 1. The van der Waals surface area contributed by atoms with E-state index >= 15 is 0 Å². The number of amides is 1. The number of fused-ring (bicyclic) bond motifs is 3. The first kappa shape index (κ1) is 29.0. The van der Waals surface area contributed by atoms with Crippen molar-refractivity contribution in [3.05, 3.63) is 94.1 Å². The quantitative estimate of drug-likeness (QED) is 0.184. The Kier molecular flexibility index (Phi) is 9.53. The Morgan fingerprint density at radius 3 is 2.49 bits per heavy atom. The van der Waals surface area contributed by atoms with Crippen LogP contribution in [0.3, 0.4) is 0 Å². The monoisotopic (exact) mass is 573 g/mol. The van der Waals surface area contributed by atoms with E-state index in [4.69, 9.17) is 21.1 Å². The summed E-state index contributed by atoms with van der Waals surface area (Å²) in [7, 11) is 0. The number of carbonyl (C=O) groups is 1. The van der Waals surface area contributed by atoms with Gasteiger partial charge < -0.3 is 19.4 Å². The number of nitrogens with one attached hydrogen (secondary N) is 1. The zero-order valence-corrected chi connectivity index (χ0v) is 25.0. The molecule has 0 fully saturated rings. The van der Waals surface area contributed by atoms with Gasteiger partial charge in [0.15, 0.2) is 0 Å². The summed E-state index contributed by atoms with van der Waals surface area (Å²) < 4.78 is 11.9. The summed E-state index contributed by atoms with van der Waals surface area (Å²) in [5, 5.41) is 1.80. The molecular weight excluding hydrogens is 534 g/mol. The number of ether oxygens (including phenoxy) is 2. The molecule has 1 aliphatic rings. The maximum atomic E-state index is 13.5. The second-order valence-corrected chi connectivity index (χ2v) is 11.2. The third-order valence-corrected chi connectivity index (χ3v) is 8.11. The Balaban J connectivity index is 1.34. The van der Waals surface area contributed by atoms with E-state index in [1.54, 1.807) is 0 Å². The molecule has 41 heavy (non-hydrogen) atoms. The lowest BCUT2D eigenvalue weighted by atomic mass is 9.92. The summed E-state index contributed by atoms with van der Waals surface area (Å²) in [4.78, 5) is 21.4. The maximum absolute atomic E-state index is 13.5. The molecule has 1 atom stereocenters. The molecule has 1 aromatic heterocycles. The van der Waals surface area contributed by atoms with Gasteiger partial charge in [0.1, 0.15) is 17.5 Å². The van der Waals surface area contributed by atoms with Gasteiger partial charge in [0.05, 0.1) is 6.61 Å². The van der Waals surface area contributed by atoms with E-state index in [0.717, 1.165) is 65.9 Å². The Labute approximate surface area is 248 Å². The zero-order chi connectivity index (χ0) is 28.8. The van der Waals surface area contributed by atoms with Gasteiger partial charge in [0, 0.05) is 28.2 Å². The summed E-state index contributed by atoms with van der Waals surface area (Å²) in [6, 6.07) is 21.2. The van der Waals surface area contributed by atoms with E-state index in [0.29, 0.717) is 30.3 Å². The molecule has 0 radical (unpaired) electrons. The highest BCUT2D eigenvalue weighted by Crippen LogP contribution is 2.40. The van der Waals surface area contributed by atoms with Crippen LogP contribution in [0.25, 0.3) is 10.9 Å². The van der Waals surface area contributed by atoms with E-state index in [1.165, 1.54) is 12.0 Å². The average Bonchev–Trinajstić information content (AvgIpc) is 3.35. The number of carbonyl (C=O) groups excluding carboxylic acids is 1. The highest BCUT2D eigenvalue weighted by molar-refractivity contribution is 6.31. The van der Waals surface area contributed by atoms with Gasteiger partial charge in [-0.25, -0.2) is 4.79 Å². The molecule has 1 amide bonds.